The number of benzene rings is 1. The number of carbonyl (C=O) groups is 2. The average Bonchev–Trinajstić information content (AvgIpc) is 2.80. The molecule has 1 aromatic carbocycles. The van der Waals surface area contributed by atoms with Crippen LogP contribution in [0.2, 0.25) is 0 Å². The highest BCUT2D eigenvalue weighted by atomic mass is 79.9. The van der Waals surface area contributed by atoms with Crippen LogP contribution in [0.1, 0.15) is 44.5 Å². The number of anilines is 1. The number of hydrogen-bond acceptors (Lipinski definition) is 3. The molecular formula is C17H17BrFNO3. The van der Waals surface area contributed by atoms with E-state index in [4.69, 9.17) is 4.74 Å². The Kier molecular flexibility index (Phi) is 4.64. The molecule has 0 fully saturated rings. The largest absolute Gasteiger partial charge is 0.345 e. The summed E-state index contributed by atoms with van der Waals surface area (Å²) in [5.41, 5.74) is 1.62. The first kappa shape index (κ1) is 16.3. The molecule has 1 unspecified atom stereocenters. The standard InChI is InChI=1S/C17H17BrFNO3/c1-2-23-15(19)13-9-10(18)7-8-14(13)20-16(21)11-5-3-4-6-12(11)17(20)22/h7-9,15H,2-6H2,1H3. The van der Waals surface area contributed by atoms with Gasteiger partial charge >= 0.3 is 0 Å². The minimum atomic E-state index is -1.69. The van der Waals surface area contributed by atoms with Gasteiger partial charge in [-0.3, -0.25) is 9.59 Å². The van der Waals surface area contributed by atoms with Crippen LogP contribution in [0, 0.1) is 0 Å². The van der Waals surface area contributed by atoms with Gasteiger partial charge in [0, 0.05) is 27.8 Å². The number of carbonyl (C=O) groups excluding carboxylic acids is 2. The highest BCUT2D eigenvalue weighted by molar-refractivity contribution is 9.10. The summed E-state index contributed by atoms with van der Waals surface area (Å²) in [6.07, 6.45) is 1.36. The number of nitrogens with zero attached hydrogens (tertiary/aromatic N) is 1. The highest BCUT2D eigenvalue weighted by Crippen LogP contribution is 2.39. The number of imide groups is 1. The van der Waals surface area contributed by atoms with Crippen molar-refractivity contribution in [2.24, 2.45) is 0 Å². The number of rotatable bonds is 4. The molecule has 122 valence electrons. The zero-order valence-electron chi connectivity index (χ0n) is 12.8. The Morgan fingerprint density at radius 1 is 1.22 bits per heavy atom. The van der Waals surface area contributed by atoms with Gasteiger partial charge in [0.05, 0.1) is 5.69 Å². The molecule has 2 amide bonds. The van der Waals surface area contributed by atoms with Crippen LogP contribution in [-0.2, 0) is 14.3 Å². The third-order valence-electron chi connectivity index (χ3n) is 4.18. The number of halogens is 2. The van der Waals surface area contributed by atoms with Crippen molar-refractivity contribution in [2.75, 3.05) is 11.5 Å². The maximum absolute atomic E-state index is 14.3. The van der Waals surface area contributed by atoms with E-state index < -0.39 is 6.36 Å². The van der Waals surface area contributed by atoms with Crippen LogP contribution in [0.3, 0.4) is 0 Å². The summed E-state index contributed by atoms with van der Waals surface area (Å²) in [5, 5.41) is 0. The molecule has 0 saturated heterocycles. The summed E-state index contributed by atoms with van der Waals surface area (Å²) in [5.74, 6) is -0.644. The van der Waals surface area contributed by atoms with Gasteiger partial charge in [0.25, 0.3) is 11.8 Å². The van der Waals surface area contributed by atoms with Crippen LogP contribution in [-0.4, -0.2) is 18.4 Å². The Balaban J connectivity index is 2.03. The molecule has 1 heterocycles. The predicted octanol–water partition coefficient (Wildman–Crippen LogP) is 4.20. The van der Waals surface area contributed by atoms with Gasteiger partial charge in [0.1, 0.15) is 0 Å². The van der Waals surface area contributed by atoms with Crippen molar-refractivity contribution in [3.8, 4) is 0 Å². The van der Waals surface area contributed by atoms with E-state index in [2.05, 4.69) is 15.9 Å². The van der Waals surface area contributed by atoms with Crippen molar-refractivity contribution in [1.29, 1.82) is 0 Å². The van der Waals surface area contributed by atoms with Crippen LogP contribution in [0.4, 0.5) is 10.1 Å². The molecule has 3 rings (SSSR count). The first-order valence-corrected chi connectivity index (χ1v) is 8.49. The maximum atomic E-state index is 14.3. The fraction of sp³-hybridized carbons (Fsp3) is 0.412. The topological polar surface area (TPSA) is 46.6 Å². The minimum absolute atomic E-state index is 0.183. The SMILES string of the molecule is CCOC(F)c1cc(Br)ccc1N1C(=O)C2=C(CCCC2)C1=O. The number of ether oxygens (including phenoxy) is 1. The van der Waals surface area contributed by atoms with Crippen molar-refractivity contribution >= 4 is 33.4 Å². The molecule has 0 N–H and O–H groups in total. The van der Waals surface area contributed by atoms with E-state index in [1.54, 1.807) is 25.1 Å². The monoisotopic (exact) mass is 381 g/mol. The lowest BCUT2D eigenvalue weighted by Crippen LogP contribution is -2.32. The molecule has 0 radical (unpaired) electrons. The quantitative estimate of drug-likeness (QED) is 0.734. The van der Waals surface area contributed by atoms with Gasteiger partial charge in [0.2, 0.25) is 6.36 Å². The summed E-state index contributed by atoms with van der Waals surface area (Å²) in [4.78, 5) is 26.4. The fourth-order valence-corrected chi connectivity index (χ4v) is 3.48. The lowest BCUT2D eigenvalue weighted by molar-refractivity contribution is -0.120. The smallest absolute Gasteiger partial charge is 0.261 e. The summed E-state index contributed by atoms with van der Waals surface area (Å²) in [6.45, 7) is 1.89. The molecule has 0 bridgehead atoms. The number of alkyl halides is 1. The molecule has 1 atom stereocenters. The van der Waals surface area contributed by atoms with Crippen LogP contribution < -0.4 is 4.90 Å². The van der Waals surface area contributed by atoms with Crippen LogP contribution in [0.15, 0.2) is 33.8 Å². The molecule has 2 aliphatic rings. The highest BCUT2D eigenvalue weighted by Gasteiger charge is 2.41. The Hall–Kier alpha value is -1.53. The second-order valence-corrected chi connectivity index (χ2v) is 6.50. The Bertz CT molecular complexity index is 673. The van der Waals surface area contributed by atoms with E-state index in [1.165, 1.54) is 0 Å². The lowest BCUT2D eigenvalue weighted by atomic mass is 9.93. The molecule has 0 spiro atoms. The van der Waals surface area contributed by atoms with Gasteiger partial charge in [0.15, 0.2) is 0 Å². The lowest BCUT2D eigenvalue weighted by Gasteiger charge is -2.21. The van der Waals surface area contributed by atoms with Crippen LogP contribution in [0.25, 0.3) is 0 Å². The Labute approximate surface area is 142 Å². The second kappa shape index (κ2) is 6.53. The first-order valence-electron chi connectivity index (χ1n) is 7.70. The van der Waals surface area contributed by atoms with Gasteiger partial charge in [-0.15, -0.1) is 0 Å². The van der Waals surface area contributed by atoms with Crippen molar-refractivity contribution in [3.63, 3.8) is 0 Å². The first-order chi connectivity index (χ1) is 11.0. The molecule has 1 aliphatic heterocycles. The van der Waals surface area contributed by atoms with Crippen molar-refractivity contribution in [2.45, 2.75) is 39.0 Å². The van der Waals surface area contributed by atoms with Gasteiger partial charge in [-0.1, -0.05) is 15.9 Å². The Morgan fingerprint density at radius 2 is 1.83 bits per heavy atom. The minimum Gasteiger partial charge on any atom is -0.345 e. The second-order valence-electron chi connectivity index (χ2n) is 5.58. The molecule has 23 heavy (non-hydrogen) atoms. The summed E-state index contributed by atoms with van der Waals surface area (Å²) >= 11 is 3.29. The van der Waals surface area contributed by atoms with E-state index >= 15 is 0 Å². The van der Waals surface area contributed by atoms with Gasteiger partial charge in [-0.2, -0.15) is 0 Å². The molecule has 1 aromatic rings. The van der Waals surface area contributed by atoms with Crippen molar-refractivity contribution < 1.29 is 18.7 Å². The summed E-state index contributed by atoms with van der Waals surface area (Å²) in [7, 11) is 0. The fourth-order valence-electron chi connectivity index (χ4n) is 3.11. The van der Waals surface area contributed by atoms with Crippen molar-refractivity contribution in [1.82, 2.24) is 0 Å². The molecule has 6 heteroatoms. The van der Waals surface area contributed by atoms with Crippen LogP contribution in [0.5, 0.6) is 0 Å². The number of amides is 2. The predicted molar refractivity (Wildman–Crippen MR) is 87.6 cm³/mol. The van der Waals surface area contributed by atoms with Gasteiger partial charge in [-0.25, -0.2) is 9.29 Å². The van der Waals surface area contributed by atoms with E-state index in [0.717, 1.165) is 17.7 Å². The molecular weight excluding hydrogens is 365 g/mol. The summed E-state index contributed by atoms with van der Waals surface area (Å²) in [6, 6.07) is 4.82. The molecule has 1 aliphatic carbocycles. The third-order valence-corrected chi connectivity index (χ3v) is 4.67. The Morgan fingerprint density at radius 3 is 2.39 bits per heavy atom. The molecule has 0 saturated carbocycles. The van der Waals surface area contributed by atoms with E-state index in [0.29, 0.717) is 28.5 Å². The van der Waals surface area contributed by atoms with E-state index in [1.807, 2.05) is 0 Å². The zero-order valence-corrected chi connectivity index (χ0v) is 14.4. The zero-order chi connectivity index (χ0) is 16.6. The molecule has 4 nitrogen and oxygen atoms in total. The summed E-state index contributed by atoms with van der Waals surface area (Å²) < 4.78 is 20.0. The maximum Gasteiger partial charge on any atom is 0.261 e. The van der Waals surface area contributed by atoms with Gasteiger partial charge < -0.3 is 4.74 Å². The van der Waals surface area contributed by atoms with Crippen LogP contribution >= 0.6 is 15.9 Å². The van der Waals surface area contributed by atoms with E-state index in [9.17, 15) is 14.0 Å². The molecule has 0 aromatic heterocycles. The van der Waals surface area contributed by atoms with Gasteiger partial charge in [-0.05, 0) is 50.8 Å². The normalized spacial score (nSPS) is 19.3. The van der Waals surface area contributed by atoms with Crippen molar-refractivity contribution in [3.05, 3.63) is 39.4 Å². The number of hydrogen-bond donors (Lipinski definition) is 0. The third kappa shape index (κ3) is 2.85. The van der Waals surface area contributed by atoms with E-state index in [-0.39, 0.29) is 29.7 Å². The average molecular weight is 382 g/mol.